The van der Waals surface area contributed by atoms with Gasteiger partial charge in [0, 0.05) is 29.1 Å². The summed E-state index contributed by atoms with van der Waals surface area (Å²) in [5.41, 5.74) is 3.57. The van der Waals surface area contributed by atoms with Crippen molar-refractivity contribution in [2.75, 3.05) is 10.8 Å². The number of hydrogen-bond acceptors (Lipinski definition) is 4. The molecule has 0 fully saturated rings. The highest BCUT2D eigenvalue weighted by molar-refractivity contribution is 7.92. The van der Waals surface area contributed by atoms with Crippen molar-refractivity contribution in [3.05, 3.63) is 129 Å². The first kappa shape index (κ1) is 35.0. The lowest BCUT2D eigenvalue weighted by atomic mass is 10.0. The van der Waals surface area contributed by atoms with Gasteiger partial charge < -0.3 is 10.2 Å². The van der Waals surface area contributed by atoms with Crippen LogP contribution in [0.2, 0.25) is 10.0 Å². The van der Waals surface area contributed by atoms with E-state index in [9.17, 15) is 18.0 Å². The predicted octanol–water partition coefficient (Wildman–Crippen LogP) is 7.36. The number of carbonyl (C=O) groups excluding carboxylic acids is 2. The van der Waals surface area contributed by atoms with Crippen molar-refractivity contribution in [2.45, 2.75) is 64.1 Å². The van der Waals surface area contributed by atoms with Crippen LogP contribution in [0.15, 0.2) is 102 Å². The third-order valence-corrected chi connectivity index (χ3v) is 10.2. The molecular formula is C36H39Cl2N3O4S. The minimum absolute atomic E-state index is 0.0490. The Balaban J connectivity index is 1.82. The van der Waals surface area contributed by atoms with Crippen molar-refractivity contribution in [1.82, 2.24) is 10.2 Å². The molecule has 7 nitrogen and oxygen atoms in total. The molecule has 0 radical (unpaired) electrons. The summed E-state index contributed by atoms with van der Waals surface area (Å²) in [5, 5.41) is 3.78. The zero-order chi connectivity index (χ0) is 33.4. The molecule has 0 aliphatic heterocycles. The number of nitrogens with one attached hydrogen (secondary N) is 1. The quantitative estimate of drug-likeness (QED) is 0.160. The van der Waals surface area contributed by atoms with Crippen LogP contribution in [0.3, 0.4) is 0 Å². The second-order valence-electron chi connectivity index (χ2n) is 11.4. The molecule has 0 bridgehead atoms. The smallest absolute Gasteiger partial charge is 0.264 e. The predicted molar refractivity (Wildman–Crippen MR) is 186 cm³/mol. The molecule has 2 atom stereocenters. The lowest BCUT2D eigenvalue weighted by Crippen LogP contribution is -2.54. The molecule has 46 heavy (non-hydrogen) atoms. The summed E-state index contributed by atoms with van der Waals surface area (Å²) in [6.07, 6.45) is 0.895. The summed E-state index contributed by atoms with van der Waals surface area (Å²) in [4.78, 5) is 30.0. The highest BCUT2D eigenvalue weighted by Crippen LogP contribution is 2.27. The van der Waals surface area contributed by atoms with E-state index in [-0.39, 0.29) is 29.8 Å². The fourth-order valence-corrected chi connectivity index (χ4v) is 6.79. The number of anilines is 1. The Labute approximate surface area is 282 Å². The molecule has 0 aliphatic carbocycles. The van der Waals surface area contributed by atoms with Gasteiger partial charge in [-0.15, -0.1) is 0 Å². The highest BCUT2D eigenvalue weighted by Gasteiger charge is 2.35. The largest absolute Gasteiger partial charge is 0.352 e. The van der Waals surface area contributed by atoms with E-state index < -0.39 is 28.5 Å². The number of rotatable bonds is 13. The molecule has 0 aliphatic rings. The Morgan fingerprint density at radius 3 is 2.04 bits per heavy atom. The number of hydrogen-bond donors (Lipinski definition) is 1. The molecule has 0 saturated heterocycles. The van der Waals surface area contributed by atoms with Crippen LogP contribution in [0, 0.1) is 13.8 Å². The van der Waals surface area contributed by atoms with Gasteiger partial charge in [-0.25, -0.2) is 8.42 Å². The fraction of sp³-hybridized carbons (Fsp3) is 0.278. The van der Waals surface area contributed by atoms with E-state index in [2.05, 4.69) is 5.32 Å². The third kappa shape index (κ3) is 8.90. The Morgan fingerprint density at radius 2 is 1.46 bits per heavy atom. The van der Waals surface area contributed by atoms with Crippen LogP contribution in [0.4, 0.5) is 5.69 Å². The molecule has 0 heterocycles. The molecule has 2 amide bonds. The van der Waals surface area contributed by atoms with E-state index in [0.717, 1.165) is 21.0 Å². The molecule has 0 aromatic heterocycles. The zero-order valence-electron chi connectivity index (χ0n) is 26.4. The summed E-state index contributed by atoms with van der Waals surface area (Å²) in [6, 6.07) is 26.6. The Kier molecular flexibility index (Phi) is 11.9. The highest BCUT2D eigenvalue weighted by atomic mass is 35.5. The van der Waals surface area contributed by atoms with Crippen LogP contribution in [0.1, 0.15) is 42.5 Å². The summed E-state index contributed by atoms with van der Waals surface area (Å²) >= 11 is 12.8. The second-order valence-corrected chi connectivity index (χ2v) is 14.1. The molecule has 1 N–H and O–H groups in total. The van der Waals surface area contributed by atoms with Crippen molar-refractivity contribution < 1.29 is 18.0 Å². The average molecular weight is 681 g/mol. The van der Waals surface area contributed by atoms with E-state index >= 15 is 0 Å². The number of carbonyl (C=O) groups is 2. The lowest BCUT2D eigenvalue weighted by molar-refractivity contribution is -0.140. The number of sulfonamides is 1. The Bertz CT molecular complexity index is 1750. The zero-order valence-corrected chi connectivity index (χ0v) is 28.7. The first-order chi connectivity index (χ1) is 21.9. The standard InChI is InChI=1S/C36H39Cl2N3O4S/c1-5-27(4)39-36(43)34(21-28-9-7-6-8-10-28)40(23-29-15-16-30(37)22-33(29)38)35(42)24-41(31-17-11-25(2)12-18-31)46(44,45)32-19-13-26(3)14-20-32/h6-20,22,27,34H,5,21,23-24H2,1-4H3,(H,39,43)/t27-,34-/m1/s1. The van der Waals surface area contributed by atoms with Crippen molar-refractivity contribution in [2.24, 2.45) is 0 Å². The number of benzene rings is 4. The van der Waals surface area contributed by atoms with Gasteiger partial charge in [-0.3, -0.25) is 13.9 Å². The Hall–Kier alpha value is -3.85. The maximum absolute atomic E-state index is 14.6. The topological polar surface area (TPSA) is 86.8 Å². The first-order valence-corrected chi connectivity index (χ1v) is 17.3. The van der Waals surface area contributed by atoms with Gasteiger partial charge in [-0.1, -0.05) is 102 Å². The molecule has 0 unspecified atom stereocenters. The minimum atomic E-state index is -4.18. The van der Waals surface area contributed by atoms with Crippen molar-refractivity contribution in [1.29, 1.82) is 0 Å². The van der Waals surface area contributed by atoms with Gasteiger partial charge in [-0.05, 0) is 74.7 Å². The Morgan fingerprint density at radius 1 is 0.848 bits per heavy atom. The first-order valence-electron chi connectivity index (χ1n) is 15.1. The summed E-state index contributed by atoms with van der Waals surface area (Å²) in [6.45, 7) is 7.03. The van der Waals surface area contributed by atoms with Gasteiger partial charge in [-0.2, -0.15) is 0 Å². The molecular weight excluding hydrogens is 641 g/mol. The van der Waals surface area contributed by atoms with E-state index in [4.69, 9.17) is 23.2 Å². The van der Waals surface area contributed by atoms with E-state index in [1.807, 2.05) is 58.0 Å². The maximum Gasteiger partial charge on any atom is 0.264 e. The maximum atomic E-state index is 14.6. The molecule has 0 saturated carbocycles. The van der Waals surface area contributed by atoms with Crippen LogP contribution in [-0.4, -0.2) is 43.8 Å². The average Bonchev–Trinajstić information content (AvgIpc) is 3.03. The molecule has 4 aromatic carbocycles. The van der Waals surface area contributed by atoms with Gasteiger partial charge in [0.25, 0.3) is 10.0 Å². The molecule has 4 rings (SSSR count). The van der Waals surface area contributed by atoms with Crippen LogP contribution in [-0.2, 0) is 32.6 Å². The van der Waals surface area contributed by atoms with Gasteiger partial charge in [0.2, 0.25) is 11.8 Å². The number of aryl methyl sites for hydroxylation is 2. The number of nitrogens with zero attached hydrogens (tertiary/aromatic N) is 2. The summed E-state index contributed by atoms with van der Waals surface area (Å²) in [7, 11) is -4.18. The van der Waals surface area contributed by atoms with Gasteiger partial charge >= 0.3 is 0 Å². The van der Waals surface area contributed by atoms with Crippen molar-refractivity contribution in [3.8, 4) is 0 Å². The summed E-state index contributed by atoms with van der Waals surface area (Å²) < 4.78 is 29.4. The normalized spacial score (nSPS) is 12.7. The SMILES string of the molecule is CC[C@@H](C)NC(=O)[C@@H](Cc1ccccc1)N(Cc1ccc(Cl)cc1Cl)C(=O)CN(c1ccc(C)cc1)S(=O)(=O)c1ccc(C)cc1. The van der Waals surface area contributed by atoms with Crippen molar-refractivity contribution in [3.63, 3.8) is 0 Å². The number of halogens is 2. The van der Waals surface area contributed by atoms with E-state index in [0.29, 0.717) is 27.7 Å². The van der Waals surface area contributed by atoms with Crippen molar-refractivity contribution >= 4 is 50.7 Å². The van der Waals surface area contributed by atoms with Gasteiger partial charge in [0.15, 0.2) is 0 Å². The molecule has 242 valence electrons. The van der Waals surface area contributed by atoms with Gasteiger partial charge in [0.05, 0.1) is 10.6 Å². The molecule has 4 aromatic rings. The van der Waals surface area contributed by atoms with E-state index in [1.54, 1.807) is 54.6 Å². The third-order valence-electron chi connectivity index (χ3n) is 7.84. The van der Waals surface area contributed by atoms with E-state index in [1.165, 1.54) is 17.0 Å². The molecule has 0 spiro atoms. The minimum Gasteiger partial charge on any atom is -0.352 e. The lowest BCUT2D eigenvalue weighted by Gasteiger charge is -2.34. The van der Waals surface area contributed by atoms with Crippen LogP contribution >= 0.6 is 23.2 Å². The van der Waals surface area contributed by atoms with Gasteiger partial charge in [0.1, 0.15) is 12.6 Å². The van der Waals surface area contributed by atoms with Crippen LogP contribution < -0.4 is 9.62 Å². The fourth-order valence-electron chi connectivity index (χ4n) is 4.91. The summed E-state index contributed by atoms with van der Waals surface area (Å²) in [5.74, 6) is -0.914. The molecule has 10 heteroatoms. The van der Waals surface area contributed by atoms with Crippen LogP contribution in [0.5, 0.6) is 0 Å². The van der Waals surface area contributed by atoms with Crippen LogP contribution in [0.25, 0.3) is 0 Å². The second kappa shape index (κ2) is 15.6. The monoisotopic (exact) mass is 679 g/mol. The number of amides is 2.